The lowest BCUT2D eigenvalue weighted by Gasteiger charge is -2.36. The number of likely N-dealkylation sites (tertiary alicyclic amines) is 1. The number of aliphatic hydroxyl groups is 1. The largest absolute Gasteiger partial charge is 0.391 e. The van der Waals surface area contributed by atoms with Crippen LogP contribution in [0.25, 0.3) is 10.8 Å². The molecule has 2 aromatic carbocycles. The van der Waals surface area contributed by atoms with Crippen molar-refractivity contribution >= 4 is 16.7 Å². The van der Waals surface area contributed by atoms with Gasteiger partial charge >= 0.3 is 0 Å². The minimum Gasteiger partial charge on any atom is -0.391 e. The van der Waals surface area contributed by atoms with Crippen LogP contribution in [0.3, 0.4) is 0 Å². The topological polar surface area (TPSA) is 56.7 Å². The molecule has 2 aliphatic heterocycles. The van der Waals surface area contributed by atoms with Gasteiger partial charge in [-0.1, -0.05) is 43.2 Å². The molecule has 1 saturated carbocycles. The number of carbonyl (C=O) groups is 1. The fraction of sp³-hybridized carbons (Fsp3) is 0.448. The van der Waals surface area contributed by atoms with Crippen LogP contribution in [0.1, 0.15) is 65.7 Å². The predicted octanol–water partition coefficient (Wildman–Crippen LogP) is 4.95. The lowest BCUT2D eigenvalue weighted by molar-refractivity contribution is 0.0192. The van der Waals surface area contributed by atoms with Crippen molar-refractivity contribution in [1.82, 2.24) is 14.8 Å². The number of aliphatic hydroxyl groups excluding tert-OH is 1. The van der Waals surface area contributed by atoms with E-state index >= 15 is 4.39 Å². The molecule has 3 aliphatic rings. The number of piperidine rings is 1. The van der Waals surface area contributed by atoms with Crippen molar-refractivity contribution in [2.75, 3.05) is 13.1 Å². The summed E-state index contributed by atoms with van der Waals surface area (Å²) >= 11 is 0. The Morgan fingerprint density at radius 3 is 2.51 bits per heavy atom. The maximum Gasteiger partial charge on any atom is 0.254 e. The molecule has 1 aliphatic carbocycles. The average molecular weight is 474 g/mol. The average Bonchev–Trinajstić information content (AvgIpc) is 3.22. The molecule has 5 nitrogen and oxygen atoms in total. The summed E-state index contributed by atoms with van der Waals surface area (Å²) in [6.07, 6.45) is 5.75. The second kappa shape index (κ2) is 8.99. The van der Waals surface area contributed by atoms with E-state index in [1.165, 1.54) is 0 Å². The Morgan fingerprint density at radius 1 is 1.03 bits per heavy atom. The smallest absolute Gasteiger partial charge is 0.254 e. The Bertz CT molecular complexity index is 1240. The molecule has 0 spiro atoms. The van der Waals surface area contributed by atoms with Gasteiger partial charge in [-0.25, -0.2) is 4.39 Å². The third-order valence-corrected chi connectivity index (χ3v) is 8.32. The van der Waals surface area contributed by atoms with Gasteiger partial charge in [0.25, 0.3) is 5.91 Å². The molecule has 6 heteroatoms. The molecule has 1 unspecified atom stereocenters. The van der Waals surface area contributed by atoms with Crippen LogP contribution in [0.4, 0.5) is 4.39 Å². The second-order valence-corrected chi connectivity index (χ2v) is 10.4. The van der Waals surface area contributed by atoms with Gasteiger partial charge in [0.1, 0.15) is 0 Å². The van der Waals surface area contributed by atoms with E-state index in [0.29, 0.717) is 44.7 Å². The lowest BCUT2D eigenvalue weighted by Crippen LogP contribution is -2.45. The van der Waals surface area contributed by atoms with Crippen molar-refractivity contribution in [3.63, 3.8) is 0 Å². The van der Waals surface area contributed by atoms with Crippen LogP contribution in [0.5, 0.6) is 0 Å². The molecule has 182 valence electrons. The van der Waals surface area contributed by atoms with Crippen LogP contribution in [0.15, 0.2) is 54.7 Å². The maximum absolute atomic E-state index is 15.6. The van der Waals surface area contributed by atoms with Gasteiger partial charge in [-0.15, -0.1) is 0 Å². The number of pyridine rings is 1. The van der Waals surface area contributed by atoms with Crippen molar-refractivity contribution in [1.29, 1.82) is 0 Å². The number of amides is 1. The third kappa shape index (κ3) is 4.03. The Balaban J connectivity index is 1.26. The molecule has 0 bridgehead atoms. The number of hydrogen-bond acceptors (Lipinski definition) is 4. The van der Waals surface area contributed by atoms with Crippen LogP contribution in [0, 0.1) is 0 Å². The number of rotatable bonds is 4. The van der Waals surface area contributed by atoms with E-state index in [1.54, 1.807) is 12.3 Å². The Labute approximate surface area is 205 Å². The minimum atomic E-state index is -1.38. The van der Waals surface area contributed by atoms with Gasteiger partial charge in [-0.05, 0) is 65.8 Å². The van der Waals surface area contributed by atoms with E-state index in [9.17, 15) is 9.90 Å². The van der Waals surface area contributed by atoms with Crippen LogP contribution in [0.2, 0.25) is 0 Å². The highest BCUT2D eigenvalue weighted by atomic mass is 19.1. The molecule has 1 aromatic heterocycles. The molecule has 3 aromatic rings. The van der Waals surface area contributed by atoms with Crippen LogP contribution in [-0.2, 0) is 18.8 Å². The van der Waals surface area contributed by atoms with Crippen LogP contribution >= 0.6 is 0 Å². The van der Waals surface area contributed by atoms with E-state index in [4.69, 9.17) is 0 Å². The van der Waals surface area contributed by atoms with Gasteiger partial charge < -0.3 is 10.0 Å². The summed E-state index contributed by atoms with van der Waals surface area (Å²) in [7, 11) is 0. The zero-order chi connectivity index (χ0) is 24.0. The van der Waals surface area contributed by atoms with E-state index in [0.717, 1.165) is 53.1 Å². The first kappa shape index (κ1) is 22.6. The SMILES string of the molecule is O=C1c2cc(CN3CCC(F)(c4ccccn4)CC3)c3ccccc3c2CN1C1CCCC[C@@H]1O. The zero-order valence-electron chi connectivity index (χ0n) is 20.0. The molecular weight excluding hydrogens is 441 g/mol. The molecule has 1 saturated heterocycles. The molecule has 2 fully saturated rings. The first-order chi connectivity index (χ1) is 17.0. The van der Waals surface area contributed by atoms with Crippen molar-refractivity contribution in [2.24, 2.45) is 0 Å². The van der Waals surface area contributed by atoms with E-state index in [1.807, 2.05) is 29.2 Å². The fourth-order valence-electron chi connectivity index (χ4n) is 6.31. The first-order valence-corrected chi connectivity index (χ1v) is 12.9. The van der Waals surface area contributed by atoms with E-state index in [2.05, 4.69) is 28.1 Å². The summed E-state index contributed by atoms with van der Waals surface area (Å²) in [6, 6.07) is 15.7. The first-order valence-electron chi connectivity index (χ1n) is 12.9. The summed E-state index contributed by atoms with van der Waals surface area (Å²) in [5, 5.41) is 12.9. The molecular formula is C29H32FN3O2. The predicted molar refractivity (Wildman–Crippen MR) is 134 cm³/mol. The number of alkyl halides is 1. The summed E-state index contributed by atoms with van der Waals surface area (Å²) < 4.78 is 15.6. The monoisotopic (exact) mass is 473 g/mol. The number of nitrogens with zero attached hydrogens (tertiary/aromatic N) is 3. The van der Waals surface area contributed by atoms with Crippen molar-refractivity contribution in [3.8, 4) is 0 Å². The summed E-state index contributed by atoms with van der Waals surface area (Å²) in [5.41, 5.74) is 2.10. The molecule has 1 N–H and O–H groups in total. The van der Waals surface area contributed by atoms with Gasteiger partial charge in [0.2, 0.25) is 0 Å². The summed E-state index contributed by atoms with van der Waals surface area (Å²) in [5.74, 6) is 0.0366. The molecule has 1 amide bonds. The maximum atomic E-state index is 15.6. The molecule has 0 radical (unpaired) electrons. The summed E-state index contributed by atoms with van der Waals surface area (Å²) in [6.45, 7) is 2.54. The highest BCUT2D eigenvalue weighted by Crippen LogP contribution is 2.39. The van der Waals surface area contributed by atoms with Crippen molar-refractivity contribution < 1.29 is 14.3 Å². The van der Waals surface area contributed by atoms with E-state index in [-0.39, 0.29) is 11.9 Å². The standard InChI is InChI=1S/C29H32FN3O2/c30-29(27-11-5-6-14-31-27)12-15-32(16-13-29)18-20-17-23-24(22-8-2-1-7-21(20)22)19-33(28(23)35)25-9-3-4-10-26(25)34/h1-2,5-8,11,14,17,25-26,34H,3-4,9-10,12-13,15-16,18-19H2/t25?,26-/m0/s1. The minimum absolute atomic E-state index is 0.0366. The summed E-state index contributed by atoms with van der Waals surface area (Å²) in [4.78, 5) is 22.0. The van der Waals surface area contributed by atoms with Crippen LogP contribution in [-0.4, -0.2) is 51.0 Å². The number of carbonyl (C=O) groups excluding carboxylic acids is 1. The molecule has 3 heterocycles. The third-order valence-electron chi connectivity index (χ3n) is 8.32. The molecule has 2 atom stereocenters. The lowest BCUT2D eigenvalue weighted by atomic mass is 9.89. The number of hydrogen-bond donors (Lipinski definition) is 1. The highest BCUT2D eigenvalue weighted by Gasteiger charge is 2.40. The number of fused-ring (bicyclic) bond motifs is 3. The van der Waals surface area contributed by atoms with Gasteiger partial charge in [0.05, 0.1) is 17.8 Å². The zero-order valence-corrected chi connectivity index (χ0v) is 20.0. The number of benzene rings is 2. The van der Waals surface area contributed by atoms with Crippen LogP contribution < -0.4 is 0 Å². The fourth-order valence-corrected chi connectivity index (χ4v) is 6.31. The van der Waals surface area contributed by atoms with Crippen molar-refractivity contribution in [3.05, 3.63) is 77.1 Å². The van der Waals surface area contributed by atoms with Gasteiger partial charge in [0.15, 0.2) is 5.67 Å². The molecule has 35 heavy (non-hydrogen) atoms. The number of aromatic nitrogens is 1. The Kier molecular flexibility index (Phi) is 5.81. The van der Waals surface area contributed by atoms with Gasteiger partial charge in [-0.3, -0.25) is 14.7 Å². The second-order valence-electron chi connectivity index (χ2n) is 10.4. The quantitative estimate of drug-likeness (QED) is 0.582. The normalized spacial score (nSPS) is 24.6. The van der Waals surface area contributed by atoms with E-state index < -0.39 is 11.8 Å². The Hall–Kier alpha value is -2.83. The highest BCUT2D eigenvalue weighted by molar-refractivity contribution is 6.05. The Morgan fingerprint density at radius 2 is 1.77 bits per heavy atom. The number of halogens is 1. The van der Waals surface area contributed by atoms with Gasteiger partial charge in [0, 0.05) is 37.9 Å². The molecule has 6 rings (SSSR count). The van der Waals surface area contributed by atoms with Crippen molar-refractivity contribution in [2.45, 2.75) is 69.4 Å². The van der Waals surface area contributed by atoms with Gasteiger partial charge in [-0.2, -0.15) is 0 Å².